The van der Waals surface area contributed by atoms with Gasteiger partial charge in [-0.05, 0) is 31.9 Å². The zero-order valence-electron chi connectivity index (χ0n) is 13.1. The van der Waals surface area contributed by atoms with E-state index in [9.17, 15) is 18.0 Å². The van der Waals surface area contributed by atoms with Crippen molar-refractivity contribution >= 4 is 5.91 Å². The zero-order valence-corrected chi connectivity index (χ0v) is 13.1. The first-order chi connectivity index (χ1) is 11.4. The summed E-state index contributed by atoms with van der Waals surface area (Å²) in [5, 5.41) is 0. The molecule has 1 fully saturated rings. The number of nitrogens with zero attached hydrogens (tertiary/aromatic N) is 4. The number of alkyl halides is 3. The largest absolute Gasteiger partial charge is 0.433 e. The van der Waals surface area contributed by atoms with E-state index >= 15 is 0 Å². The van der Waals surface area contributed by atoms with Crippen LogP contribution in [0.4, 0.5) is 13.2 Å². The highest BCUT2D eigenvalue weighted by atomic mass is 19.4. The number of carbonyl (C=O) groups is 1. The number of imidazole rings is 1. The molecule has 1 amide bonds. The molecule has 5 nitrogen and oxygen atoms in total. The number of piperidine rings is 1. The van der Waals surface area contributed by atoms with Crippen molar-refractivity contribution < 1.29 is 18.0 Å². The lowest BCUT2D eigenvalue weighted by Gasteiger charge is -2.33. The molecule has 0 spiro atoms. The fourth-order valence-electron chi connectivity index (χ4n) is 2.98. The van der Waals surface area contributed by atoms with Crippen LogP contribution in [0.25, 0.3) is 0 Å². The Labute approximate surface area is 137 Å². The first-order valence-corrected chi connectivity index (χ1v) is 7.68. The molecular weight excluding hydrogens is 321 g/mol. The van der Waals surface area contributed by atoms with Crippen molar-refractivity contribution in [3.63, 3.8) is 0 Å². The number of halogens is 3. The summed E-state index contributed by atoms with van der Waals surface area (Å²) < 4.78 is 40.0. The number of likely N-dealkylation sites (tertiary alicyclic amines) is 1. The van der Waals surface area contributed by atoms with Crippen LogP contribution in [0, 0.1) is 6.92 Å². The Balaban J connectivity index is 1.79. The van der Waals surface area contributed by atoms with Crippen LogP contribution < -0.4 is 0 Å². The van der Waals surface area contributed by atoms with Gasteiger partial charge in [0.1, 0.15) is 5.69 Å². The number of hydrogen-bond donors (Lipinski definition) is 0. The minimum Gasteiger partial charge on any atom is -0.337 e. The number of pyridine rings is 1. The van der Waals surface area contributed by atoms with Gasteiger partial charge in [0.15, 0.2) is 0 Å². The average molecular weight is 338 g/mol. The van der Waals surface area contributed by atoms with Crippen LogP contribution in [0.3, 0.4) is 0 Å². The maximum absolute atomic E-state index is 12.7. The predicted molar refractivity (Wildman–Crippen MR) is 80.4 cm³/mol. The summed E-state index contributed by atoms with van der Waals surface area (Å²) >= 11 is 0. The second-order valence-corrected chi connectivity index (χ2v) is 5.88. The maximum Gasteiger partial charge on any atom is 0.433 e. The first kappa shape index (κ1) is 16.5. The molecule has 1 saturated heterocycles. The van der Waals surface area contributed by atoms with Crippen molar-refractivity contribution in [1.82, 2.24) is 19.4 Å². The van der Waals surface area contributed by atoms with Gasteiger partial charge in [0.05, 0.1) is 23.6 Å². The van der Waals surface area contributed by atoms with Crippen LogP contribution in [-0.4, -0.2) is 38.4 Å². The van der Waals surface area contributed by atoms with E-state index in [0.717, 1.165) is 18.9 Å². The van der Waals surface area contributed by atoms with Gasteiger partial charge in [0.25, 0.3) is 5.91 Å². The van der Waals surface area contributed by atoms with Crippen molar-refractivity contribution in [3.8, 4) is 0 Å². The van der Waals surface area contributed by atoms with Crippen LogP contribution in [-0.2, 0) is 6.18 Å². The van der Waals surface area contributed by atoms with E-state index in [4.69, 9.17) is 0 Å². The Hall–Kier alpha value is -2.38. The fraction of sp³-hybridized carbons (Fsp3) is 0.438. The summed E-state index contributed by atoms with van der Waals surface area (Å²) in [6.07, 6.45) is 2.51. The predicted octanol–water partition coefficient (Wildman–Crippen LogP) is 3.08. The minimum atomic E-state index is -4.51. The summed E-state index contributed by atoms with van der Waals surface area (Å²) in [6.45, 7) is 2.53. The molecule has 0 saturated carbocycles. The highest BCUT2D eigenvalue weighted by Crippen LogP contribution is 2.29. The molecule has 24 heavy (non-hydrogen) atoms. The van der Waals surface area contributed by atoms with E-state index in [1.807, 2.05) is 10.8 Å². The second kappa shape index (κ2) is 6.26. The van der Waals surface area contributed by atoms with Gasteiger partial charge < -0.3 is 9.47 Å². The molecule has 0 radical (unpaired) electrons. The highest BCUT2D eigenvalue weighted by molar-refractivity contribution is 5.95. The summed E-state index contributed by atoms with van der Waals surface area (Å²) in [4.78, 5) is 21.9. The molecule has 3 rings (SSSR count). The van der Waals surface area contributed by atoms with Gasteiger partial charge in [-0.3, -0.25) is 4.79 Å². The second-order valence-electron chi connectivity index (χ2n) is 5.88. The molecule has 8 heteroatoms. The van der Waals surface area contributed by atoms with Crippen LogP contribution in [0.15, 0.2) is 30.9 Å². The zero-order chi connectivity index (χ0) is 17.3. The van der Waals surface area contributed by atoms with E-state index in [-0.39, 0.29) is 23.2 Å². The van der Waals surface area contributed by atoms with Crippen LogP contribution in [0.2, 0.25) is 0 Å². The standard InChI is InChI=1S/C16H17F3N4O/c1-11-13(4-5-14(21-11)16(17,18)19)15(24)22-7-2-3-12(9-22)23-8-6-20-10-23/h4-6,8,10,12H,2-3,7,9H2,1H3. The number of rotatable bonds is 2. The molecule has 3 heterocycles. The molecule has 0 aromatic carbocycles. The fourth-order valence-corrected chi connectivity index (χ4v) is 2.98. The van der Waals surface area contributed by atoms with Gasteiger partial charge in [-0.1, -0.05) is 0 Å². The molecule has 2 aromatic rings. The molecule has 1 atom stereocenters. The number of aromatic nitrogens is 3. The normalized spacial score (nSPS) is 18.7. The van der Waals surface area contributed by atoms with Crippen molar-refractivity contribution in [3.05, 3.63) is 47.8 Å². The lowest BCUT2D eigenvalue weighted by Crippen LogP contribution is -2.40. The van der Waals surface area contributed by atoms with Crippen molar-refractivity contribution in [2.45, 2.75) is 32.0 Å². The lowest BCUT2D eigenvalue weighted by atomic mass is 10.0. The van der Waals surface area contributed by atoms with Crippen LogP contribution >= 0.6 is 0 Å². The number of amides is 1. The Morgan fingerprint density at radius 3 is 2.75 bits per heavy atom. The minimum absolute atomic E-state index is 0.0968. The van der Waals surface area contributed by atoms with E-state index in [1.54, 1.807) is 17.4 Å². The van der Waals surface area contributed by atoms with Crippen molar-refractivity contribution in [2.75, 3.05) is 13.1 Å². The molecule has 0 bridgehead atoms. The van der Waals surface area contributed by atoms with E-state index in [2.05, 4.69) is 9.97 Å². The summed E-state index contributed by atoms with van der Waals surface area (Å²) in [5.74, 6) is -0.279. The SMILES string of the molecule is Cc1nc(C(F)(F)F)ccc1C(=O)N1CCCC(n2ccnc2)C1. The van der Waals surface area contributed by atoms with Gasteiger partial charge in [0, 0.05) is 25.5 Å². The van der Waals surface area contributed by atoms with Gasteiger partial charge >= 0.3 is 6.18 Å². The smallest absolute Gasteiger partial charge is 0.337 e. The molecule has 1 aliphatic heterocycles. The number of carbonyl (C=O) groups excluding carboxylic acids is 1. The Morgan fingerprint density at radius 2 is 2.12 bits per heavy atom. The first-order valence-electron chi connectivity index (χ1n) is 7.68. The molecule has 1 unspecified atom stereocenters. The number of aryl methyl sites for hydroxylation is 1. The van der Waals surface area contributed by atoms with Gasteiger partial charge in [-0.25, -0.2) is 9.97 Å². The van der Waals surface area contributed by atoms with Gasteiger partial charge in [-0.15, -0.1) is 0 Å². The molecule has 2 aromatic heterocycles. The molecule has 0 aliphatic carbocycles. The quantitative estimate of drug-likeness (QED) is 0.845. The third-order valence-electron chi connectivity index (χ3n) is 4.24. The third-order valence-corrected chi connectivity index (χ3v) is 4.24. The Morgan fingerprint density at radius 1 is 1.33 bits per heavy atom. The summed E-state index contributed by atoms with van der Waals surface area (Å²) in [5.41, 5.74) is -0.666. The average Bonchev–Trinajstić information content (AvgIpc) is 3.08. The van der Waals surface area contributed by atoms with E-state index in [0.29, 0.717) is 13.1 Å². The molecular formula is C16H17F3N4O. The van der Waals surface area contributed by atoms with E-state index < -0.39 is 11.9 Å². The lowest BCUT2D eigenvalue weighted by molar-refractivity contribution is -0.141. The van der Waals surface area contributed by atoms with Crippen molar-refractivity contribution in [1.29, 1.82) is 0 Å². The van der Waals surface area contributed by atoms with Crippen LogP contribution in [0.5, 0.6) is 0 Å². The molecule has 128 valence electrons. The molecule has 1 aliphatic rings. The van der Waals surface area contributed by atoms with Crippen LogP contribution in [0.1, 0.15) is 40.6 Å². The molecule has 0 N–H and O–H groups in total. The topological polar surface area (TPSA) is 51.0 Å². The summed E-state index contributed by atoms with van der Waals surface area (Å²) in [6, 6.07) is 2.21. The van der Waals surface area contributed by atoms with Gasteiger partial charge in [-0.2, -0.15) is 13.2 Å². The Kier molecular flexibility index (Phi) is 4.29. The van der Waals surface area contributed by atoms with E-state index in [1.165, 1.54) is 13.0 Å². The Bertz CT molecular complexity index is 727. The maximum atomic E-state index is 12.7. The summed E-state index contributed by atoms with van der Waals surface area (Å²) in [7, 11) is 0. The third kappa shape index (κ3) is 3.27. The monoisotopic (exact) mass is 338 g/mol. The number of hydrogen-bond acceptors (Lipinski definition) is 3. The highest BCUT2D eigenvalue weighted by Gasteiger charge is 2.33. The van der Waals surface area contributed by atoms with Gasteiger partial charge in [0.2, 0.25) is 0 Å². The van der Waals surface area contributed by atoms with Crippen molar-refractivity contribution in [2.24, 2.45) is 0 Å².